The molecule has 0 amide bonds. The number of benzene rings is 2. The highest BCUT2D eigenvalue weighted by atomic mass is 16.5. The molecule has 0 saturated heterocycles. The number of nitrogens with zero attached hydrogens (tertiary/aromatic N) is 2. The molecule has 0 N–H and O–H groups in total. The summed E-state index contributed by atoms with van der Waals surface area (Å²) in [6.07, 6.45) is 0. The van der Waals surface area contributed by atoms with Gasteiger partial charge in [0.15, 0.2) is 0 Å². The van der Waals surface area contributed by atoms with Crippen LogP contribution in [0.3, 0.4) is 0 Å². The van der Waals surface area contributed by atoms with Gasteiger partial charge in [-0.15, -0.1) is 0 Å². The number of aromatic nitrogens is 2. The summed E-state index contributed by atoms with van der Waals surface area (Å²) in [6.45, 7) is 4.43. The summed E-state index contributed by atoms with van der Waals surface area (Å²) in [5.41, 5.74) is 2.58. The number of hydrogen-bond acceptors (Lipinski definition) is 3. The van der Waals surface area contributed by atoms with Crippen molar-refractivity contribution in [2.45, 2.75) is 13.8 Å². The molecule has 130 valence electrons. The van der Waals surface area contributed by atoms with Crippen LogP contribution in [-0.2, 0) is 7.05 Å². The molecular formula is C21H19N2O3+. The summed E-state index contributed by atoms with van der Waals surface area (Å²) in [5.74, 6) is 1.33. The van der Waals surface area contributed by atoms with E-state index in [2.05, 4.69) is 0 Å². The zero-order valence-electron chi connectivity index (χ0n) is 14.9. The fraction of sp³-hybridized carbons (Fsp3) is 0.190. The molecule has 1 aliphatic rings. The van der Waals surface area contributed by atoms with E-state index in [1.807, 2.05) is 49.7 Å². The van der Waals surface area contributed by atoms with Crippen molar-refractivity contribution in [1.82, 2.24) is 4.57 Å². The van der Waals surface area contributed by atoms with Crippen LogP contribution >= 0.6 is 0 Å². The molecule has 2 aromatic carbocycles. The van der Waals surface area contributed by atoms with Gasteiger partial charge >= 0.3 is 0 Å². The van der Waals surface area contributed by atoms with E-state index in [4.69, 9.17) is 4.74 Å². The molecular weight excluding hydrogens is 328 g/mol. The lowest BCUT2D eigenvalue weighted by Gasteiger charge is -2.12. The summed E-state index contributed by atoms with van der Waals surface area (Å²) in [4.78, 5) is 26.2. The van der Waals surface area contributed by atoms with E-state index in [-0.39, 0.29) is 11.6 Å². The first-order valence-electron chi connectivity index (χ1n) is 8.57. The fourth-order valence-electron chi connectivity index (χ4n) is 3.52. The molecule has 0 fully saturated rings. The number of ether oxygens (including phenoxy) is 1. The van der Waals surface area contributed by atoms with Gasteiger partial charge in [0, 0.05) is 18.1 Å². The van der Waals surface area contributed by atoms with Gasteiger partial charge in [0.1, 0.15) is 11.4 Å². The molecule has 0 atom stereocenters. The van der Waals surface area contributed by atoms with Crippen molar-refractivity contribution in [3.05, 3.63) is 76.9 Å². The molecule has 5 nitrogen and oxygen atoms in total. The van der Waals surface area contributed by atoms with Crippen LogP contribution in [0.25, 0.3) is 5.69 Å². The van der Waals surface area contributed by atoms with Crippen molar-refractivity contribution in [3.8, 4) is 11.4 Å². The van der Waals surface area contributed by atoms with Crippen LogP contribution < -0.4 is 9.30 Å². The summed E-state index contributed by atoms with van der Waals surface area (Å²) < 4.78 is 9.14. The average molecular weight is 347 g/mol. The maximum atomic E-state index is 13.2. The number of carbonyl (C=O) groups excluding carboxylic acids is 2. The zero-order chi connectivity index (χ0) is 18.4. The molecule has 1 heterocycles. The molecule has 0 radical (unpaired) electrons. The molecule has 4 rings (SSSR count). The Balaban J connectivity index is 1.94. The van der Waals surface area contributed by atoms with Gasteiger partial charge in [-0.05, 0) is 31.2 Å². The van der Waals surface area contributed by atoms with Crippen LogP contribution in [0.1, 0.15) is 44.9 Å². The Morgan fingerprint density at radius 2 is 1.58 bits per heavy atom. The number of hydrogen-bond donors (Lipinski definition) is 0. The van der Waals surface area contributed by atoms with E-state index >= 15 is 0 Å². The lowest BCUT2D eigenvalue weighted by Crippen LogP contribution is -2.39. The number of carbonyl (C=O) groups is 2. The minimum Gasteiger partial charge on any atom is -0.494 e. The van der Waals surface area contributed by atoms with E-state index in [9.17, 15) is 9.59 Å². The van der Waals surface area contributed by atoms with Gasteiger partial charge in [-0.3, -0.25) is 9.59 Å². The maximum Gasteiger partial charge on any atom is 0.259 e. The van der Waals surface area contributed by atoms with Crippen LogP contribution in [0.5, 0.6) is 5.75 Å². The van der Waals surface area contributed by atoms with Crippen molar-refractivity contribution in [2.24, 2.45) is 7.05 Å². The number of ketones is 2. The van der Waals surface area contributed by atoms with Crippen LogP contribution in [0, 0.1) is 6.92 Å². The second-order valence-corrected chi connectivity index (χ2v) is 6.27. The van der Waals surface area contributed by atoms with Gasteiger partial charge in [-0.1, -0.05) is 24.3 Å². The average Bonchev–Trinajstić information content (AvgIpc) is 2.92. The Morgan fingerprint density at radius 3 is 2.19 bits per heavy atom. The largest absolute Gasteiger partial charge is 0.494 e. The summed E-state index contributed by atoms with van der Waals surface area (Å²) >= 11 is 0. The first-order chi connectivity index (χ1) is 12.5. The monoisotopic (exact) mass is 347 g/mol. The predicted octanol–water partition coefficient (Wildman–Crippen LogP) is 2.78. The smallest absolute Gasteiger partial charge is 0.259 e. The first-order valence-corrected chi connectivity index (χ1v) is 8.57. The molecule has 1 aliphatic carbocycles. The summed E-state index contributed by atoms with van der Waals surface area (Å²) in [7, 11) is 1.82. The Kier molecular flexibility index (Phi) is 3.72. The highest BCUT2D eigenvalue weighted by molar-refractivity contribution is 6.26. The van der Waals surface area contributed by atoms with Crippen molar-refractivity contribution in [3.63, 3.8) is 0 Å². The number of rotatable bonds is 3. The molecule has 3 aromatic rings. The van der Waals surface area contributed by atoms with E-state index in [1.165, 1.54) is 0 Å². The Hall–Kier alpha value is -3.21. The van der Waals surface area contributed by atoms with E-state index < -0.39 is 0 Å². The second-order valence-electron chi connectivity index (χ2n) is 6.27. The van der Waals surface area contributed by atoms with Gasteiger partial charge in [-0.25, -0.2) is 4.57 Å². The van der Waals surface area contributed by atoms with Crippen LogP contribution in [0.4, 0.5) is 0 Å². The van der Waals surface area contributed by atoms with Gasteiger partial charge < -0.3 is 4.74 Å². The minimum atomic E-state index is -0.132. The third-order valence-corrected chi connectivity index (χ3v) is 4.84. The van der Waals surface area contributed by atoms with Gasteiger partial charge in [0.25, 0.3) is 5.82 Å². The van der Waals surface area contributed by atoms with Crippen LogP contribution in [0.15, 0.2) is 48.5 Å². The SMILES string of the molecule is CCOc1ccc(-n2c3c([n+](C)c2C)C(=O)c2ccccc2C3=O)cc1. The van der Waals surface area contributed by atoms with Gasteiger partial charge in [0.2, 0.25) is 23.0 Å². The summed E-state index contributed by atoms with van der Waals surface area (Å²) in [5, 5.41) is 0. The minimum absolute atomic E-state index is 0.120. The first kappa shape index (κ1) is 16.3. The predicted molar refractivity (Wildman–Crippen MR) is 96.2 cm³/mol. The standard InChI is InChI=1S/C21H19N2O3/c1-4-26-15-11-9-14(10-12-15)23-13(2)22(3)18-19(23)21(25)17-8-6-5-7-16(17)20(18)24/h5-12H,4H2,1-3H3/q+1. The third-order valence-electron chi connectivity index (χ3n) is 4.84. The van der Waals surface area contributed by atoms with E-state index in [1.54, 1.807) is 28.8 Å². The highest BCUT2D eigenvalue weighted by Crippen LogP contribution is 2.29. The molecule has 0 unspecified atom stereocenters. The van der Waals surface area contributed by atoms with E-state index in [0.29, 0.717) is 29.1 Å². The van der Waals surface area contributed by atoms with Crippen LogP contribution in [0.2, 0.25) is 0 Å². The maximum absolute atomic E-state index is 13.2. The molecule has 0 bridgehead atoms. The normalized spacial score (nSPS) is 12.7. The Bertz CT molecular complexity index is 1050. The summed E-state index contributed by atoms with van der Waals surface area (Å²) in [6, 6.07) is 14.5. The third kappa shape index (κ3) is 2.20. The van der Waals surface area contributed by atoms with Crippen molar-refractivity contribution >= 4 is 11.6 Å². The Labute approximate surface area is 151 Å². The topological polar surface area (TPSA) is 52.2 Å². The molecule has 0 spiro atoms. The number of imidazole rings is 1. The van der Waals surface area contributed by atoms with Crippen molar-refractivity contribution in [2.75, 3.05) is 6.61 Å². The zero-order valence-corrected chi connectivity index (χ0v) is 14.9. The molecule has 1 aromatic heterocycles. The molecule has 5 heteroatoms. The highest BCUT2D eigenvalue weighted by Gasteiger charge is 2.42. The lowest BCUT2D eigenvalue weighted by atomic mass is 9.90. The fourth-order valence-corrected chi connectivity index (χ4v) is 3.52. The number of fused-ring (bicyclic) bond motifs is 2. The van der Waals surface area contributed by atoms with Crippen molar-refractivity contribution in [1.29, 1.82) is 0 Å². The lowest BCUT2D eigenvalue weighted by molar-refractivity contribution is -0.678. The van der Waals surface area contributed by atoms with Crippen LogP contribution in [-0.4, -0.2) is 22.7 Å². The van der Waals surface area contributed by atoms with Gasteiger partial charge in [-0.2, -0.15) is 4.57 Å². The molecule has 26 heavy (non-hydrogen) atoms. The second kappa shape index (κ2) is 5.95. The quantitative estimate of drug-likeness (QED) is 0.536. The van der Waals surface area contributed by atoms with E-state index in [0.717, 1.165) is 17.3 Å². The Morgan fingerprint density at radius 1 is 0.962 bits per heavy atom. The van der Waals surface area contributed by atoms with Gasteiger partial charge in [0.05, 0.1) is 13.7 Å². The molecule has 0 saturated carbocycles. The van der Waals surface area contributed by atoms with Crippen molar-refractivity contribution < 1.29 is 18.9 Å². The molecule has 0 aliphatic heterocycles.